The first-order valence-electron chi connectivity index (χ1n) is 18.5. The molecule has 2 heterocycles. The third kappa shape index (κ3) is 9.19. The van der Waals surface area contributed by atoms with E-state index in [1.165, 1.54) is 11.0 Å². The maximum Gasteiger partial charge on any atom is 0.289 e. The van der Waals surface area contributed by atoms with Gasteiger partial charge in [-0.25, -0.2) is 4.39 Å². The number of hydrogen-bond donors (Lipinski definition) is 4. The molecule has 2 aromatic carbocycles. The molecule has 11 nitrogen and oxygen atoms in total. The van der Waals surface area contributed by atoms with Gasteiger partial charge in [-0.1, -0.05) is 74.5 Å². The maximum atomic E-state index is 15.0. The number of nitrogens with one attached hydrogen (secondary N) is 4. The van der Waals surface area contributed by atoms with Crippen molar-refractivity contribution in [2.45, 2.75) is 114 Å². The van der Waals surface area contributed by atoms with E-state index in [0.717, 1.165) is 50.5 Å². The third-order valence-corrected chi connectivity index (χ3v) is 10.6. The Bertz CT molecular complexity index is 1710. The first-order valence-corrected chi connectivity index (χ1v) is 18.8. The van der Waals surface area contributed by atoms with Gasteiger partial charge in [0.25, 0.3) is 5.91 Å². The summed E-state index contributed by atoms with van der Waals surface area (Å²) in [7, 11) is 0. The molecule has 4 atom stereocenters. The van der Waals surface area contributed by atoms with Gasteiger partial charge in [-0.2, -0.15) is 0 Å². The van der Waals surface area contributed by atoms with E-state index in [1.807, 2.05) is 13.0 Å². The first-order chi connectivity index (χ1) is 25.0. The van der Waals surface area contributed by atoms with Crippen LogP contribution >= 0.6 is 11.6 Å². The van der Waals surface area contributed by atoms with Crippen molar-refractivity contribution in [2.75, 3.05) is 6.54 Å². The number of hydroxylamine groups is 1. The van der Waals surface area contributed by atoms with Crippen LogP contribution in [0.15, 0.2) is 54.6 Å². The molecule has 2 aliphatic heterocycles. The number of rotatable bonds is 14. The topological polar surface area (TPSA) is 146 Å². The van der Waals surface area contributed by atoms with Crippen LogP contribution in [0.5, 0.6) is 0 Å². The van der Waals surface area contributed by atoms with E-state index in [-0.39, 0.29) is 55.7 Å². The molecule has 4 N–H and O–H groups in total. The molecule has 2 aromatic rings. The standard InChI is InChI=1S/C39H47ClFN5O6/c1-2-9-30(35(48)37(50)42-28-16-17-28)44-36(49)33-22-39(21-32(45-52-39)26-13-8-14-27(40)19-26)23-46(33)38(51)31(20-25-12-6-7-15-29(25)41)43-34(47)18-24-10-4-3-5-11-24/h6-8,12-15,19,21,24,28,30-31,33,45H,2-5,9-11,16-18,20,22-23H2,1H3,(H,42,50)(H,43,47)(H,44,49)/t30-,31-,33-,39+/m0/s1. The predicted molar refractivity (Wildman–Crippen MR) is 193 cm³/mol. The zero-order valence-corrected chi connectivity index (χ0v) is 30.2. The molecule has 0 radical (unpaired) electrons. The molecular formula is C39H47ClFN5O6. The Morgan fingerprint density at radius 3 is 2.48 bits per heavy atom. The summed E-state index contributed by atoms with van der Waals surface area (Å²) in [5.74, 6) is -3.35. The van der Waals surface area contributed by atoms with E-state index in [9.17, 15) is 24.0 Å². The molecule has 13 heteroatoms. The number of carbonyl (C=O) groups excluding carboxylic acids is 5. The molecule has 3 fully saturated rings. The van der Waals surface area contributed by atoms with Crippen LogP contribution in [0.3, 0.4) is 0 Å². The predicted octanol–water partition coefficient (Wildman–Crippen LogP) is 4.53. The number of nitrogens with zero attached hydrogens (tertiary/aromatic N) is 1. The van der Waals surface area contributed by atoms with Crippen molar-refractivity contribution in [3.63, 3.8) is 0 Å². The molecular weight excluding hydrogens is 689 g/mol. The summed E-state index contributed by atoms with van der Waals surface area (Å²) in [5.41, 5.74) is 3.33. The van der Waals surface area contributed by atoms with Crippen molar-refractivity contribution in [3.8, 4) is 0 Å². The van der Waals surface area contributed by atoms with Gasteiger partial charge < -0.3 is 20.9 Å². The lowest BCUT2D eigenvalue weighted by atomic mass is 9.86. The number of benzene rings is 2. The summed E-state index contributed by atoms with van der Waals surface area (Å²) in [5, 5.41) is 8.86. The highest BCUT2D eigenvalue weighted by atomic mass is 35.5. The second kappa shape index (κ2) is 16.6. The third-order valence-electron chi connectivity index (χ3n) is 10.4. The van der Waals surface area contributed by atoms with Crippen LogP contribution in [0.1, 0.15) is 88.7 Å². The molecule has 1 saturated heterocycles. The zero-order valence-electron chi connectivity index (χ0n) is 29.4. The van der Waals surface area contributed by atoms with E-state index in [2.05, 4.69) is 21.4 Å². The van der Waals surface area contributed by atoms with Crippen molar-refractivity contribution in [3.05, 3.63) is 76.6 Å². The smallest absolute Gasteiger partial charge is 0.289 e. The molecule has 6 rings (SSSR count). The van der Waals surface area contributed by atoms with Gasteiger partial charge in [0, 0.05) is 35.9 Å². The summed E-state index contributed by atoms with van der Waals surface area (Å²) in [6, 6.07) is 9.72. The van der Waals surface area contributed by atoms with Gasteiger partial charge in [0.05, 0.1) is 18.3 Å². The Hall–Kier alpha value is -4.29. The molecule has 0 aromatic heterocycles. The van der Waals surface area contributed by atoms with Crippen LogP contribution in [0.2, 0.25) is 5.02 Å². The van der Waals surface area contributed by atoms with Crippen molar-refractivity contribution in [1.82, 2.24) is 26.3 Å². The highest BCUT2D eigenvalue weighted by molar-refractivity contribution is 6.38. The Morgan fingerprint density at radius 1 is 1.00 bits per heavy atom. The minimum absolute atomic E-state index is 0.00534. The second-order valence-electron chi connectivity index (χ2n) is 14.6. The van der Waals surface area contributed by atoms with Crippen LogP contribution in [0.25, 0.3) is 5.70 Å². The van der Waals surface area contributed by atoms with Crippen molar-refractivity contribution in [2.24, 2.45) is 5.92 Å². The molecule has 2 saturated carbocycles. The minimum Gasteiger partial charge on any atom is -0.347 e. The van der Waals surface area contributed by atoms with Gasteiger partial charge in [-0.3, -0.25) is 34.3 Å². The van der Waals surface area contributed by atoms with E-state index >= 15 is 4.39 Å². The minimum atomic E-state index is -1.19. The van der Waals surface area contributed by atoms with Crippen molar-refractivity contribution in [1.29, 1.82) is 0 Å². The fourth-order valence-electron chi connectivity index (χ4n) is 7.48. The average Bonchev–Trinajstić information content (AvgIpc) is 3.73. The van der Waals surface area contributed by atoms with Crippen LogP contribution in [-0.4, -0.2) is 70.6 Å². The highest BCUT2D eigenvalue weighted by Gasteiger charge is 2.53. The SMILES string of the molecule is CCC[C@H](NC(=O)[C@@H]1C[C@]2(C=C(c3cccc(Cl)c3)NO2)CN1C(=O)[C@H](Cc1ccccc1F)NC(=O)CC1CCCCC1)C(=O)C(=O)NC1CC1. The summed E-state index contributed by atoms with van der Waals surface area (Å²) in [6.07, 6.45) is 9.34. The molecule has 4 aliphatic rings. The summed E-state index contributed by atoms with van der Waals surface area (Å²) in [4.78, 5) is 75.8. The van der Waals surface area contributed by atoms with Crippen molar-refractivity contribution >= 4 is 46.7 Å². The number of ketones is 1. The summed E-state index contributed by atoms with van der Waals surface area (Å²) in [6.45, 7) is 1.76. The second-order valence-corrected chi connectivity index (χ2v) is 15.0. The molecule has 2 aliphatic carbocycles. The Morgan fingerprint density at radius 2 is 1.77 bits per heavy atom. The molecule has 278 valence electrons. The molecule has 1 spiro atoms. The number of hydrogen-bond acceptors (Lipinski definition) is 7. The molecule has 4 amide bonds. The number of likely N-dealkylation sites (tertiary alicyclic amines) is 1. The van der Waals surface area contributed by atoms with Gasteiger partial charge in [0.1, 0.15) is 23.5 Å². The van der Waals surface area contributed by atoms with Gasteiger partial charge in [-0.05, 0) is 67.9 Å². The lowest BCUT2D eigenvalue weighted by molar-refractivity contribution is -0.143. The van der Waals surface area contributed by atoms with Crippen LogP contribution in [0.4, 0.5) is 4.39 Å². The lowest BCUT2D eigenvalue weighted by Crippen LogP contribution is -2.57. The van der Waals surface area contributed by atoms with Crippen molar-refractivity contribution < 1.29 is 33.2 Å². The van der Waals surface area contributed by atoms with Gasteiger partial charge in [0.2, 0.25) is 23.5 Å². The highest BCUT2D eigenvalue weighted by Crippen LogP contribution is 2.38. The van der Waals surface area contributed by atoms with Gasteiger partial charge in [0.15, 0.2) is 0 Å². The Balaban J connectivity index is 1.29. The number of halogens is 2. The fourth-order valence-corrected chi connectivity index (χ4v) is 7.67. The quantitative estimate of drug-likeness (QED) is 0.209. The zero-order chi connectivity index (χ0) is 36.8. The average molecular weight is 736 g/mol. The normalized spacial score (nSPS) is 22.6. The van der Waals surface area contributed by atoms with Gasteiger partial charge in [-0.15, -0.1) is 0 Å². The number of amides is 4. The largest absolute Gasteiger partial charge is 0.347 e. The first kappa shape index (κ1) is 37.5. The maximum absolute atomic E-state index is 15.0. The summed E-state index contributed by atoms with van der Waals surface area (Å²) < 4.78 is 15.0. The molecule has 0 bridgehead atoms. The van der Waals surface area contributed by atoms with E-state index in [0.29, 0.717) is 17.1 Å². The summed E-state index contributed by atoms with van der Waals surface area (Å²) >= 11 is 6.25. The molecule has 52 heavy (non-hydrogen) atoms. The number of Topliss-reactive ketones (excluding diaryl/α,β-unsaturated/α-hetero) is 1. The number of carbonyl (C=O) groups is 5. The Labute approximate surface area is 308 Å². The molecule has 0 unspecified atom stereocenters. The Kier molecular flexibility index (Phi) is 12.0. The van der Waals surface area contributed by atoms with E-state index in [1.54, 1.807) is 42.5 Å². The van der Waals surface area contributed by atoms with Crippen LogP contribution < -0.4 is 21.4 Å². The monoisotopic (exact) mass is 735 g/mol. The van der Waals surface area contributed by atoms with Crippen LogP contribution in [0, 0.1) is 11.7 Å². The fraction of sp³-hybridized carbons (Fsp3) is 0.513. The van der Waals surface area contributed by atoms with Crippen LogP contribution in [-0.2, 0) is 35.2 Å². The van der Waals surface area contributed by atoms with E-state index in [4.69, 9.17) is 16.4 Å². The lowest BCUT2D eigenvalue weighted by Gasteiger charge is -2.30. The van der Waals surface area contributed by atoms with E-state index < -0.39 is 53.0 Å². The van der Waals surface area contributed by atoms with Gasteiger partial charge >= 0.3 is 0 Å².